The summed E-state index contributed by atoms with van der Waals surface area (Å²) in [5, 5.41) is 3.16. The van der Waals surface area contributed by atoms with Crippen molar-refractivity contribution >= 4 is 5.69 Å². The Bertz CT molecular complexity index is 449. The molecule has 0 fully saturated rings. The lowest BCUT2D eigenvalue weighted by Gasteiger charge is -2.09. The maximum atomic E-state index is 4.27. The van der Waals surface area contributed by atoms with Gasteiger partial charge in [-0.05, 0) is 18.6 Å². The van der Waals surface area contributed by atoms with Crippen molar-refractivity contribution in [3.63, 3.8) is 0 Å². The summed E-state index contributed by atoms with van der Waals surface area (Å²) in [5.41, 5.74) is 4.51. The van der Waals surface area contributed by atoms with Gasteiger partial charge in [-0.1, -0.05) is 30.3 Å². The van der Waals surface area contributed by atoms with E-state index in [0.717, 1.165) is 11.4 Å². The van der Waals surface area contributed by atoms with Crippen LogP contribution in [0.15, 0.2) is 42.6 Å². The Balaban J connectivity index is 2.56. The fourth-order valence-electron chi connectivity index (χ4n) is 1.62. The van der Waals surface area contributed by atoms with E-state index in [2.05, 4.69) is 28.5 Å². The van der Waals surface area contributed by atoms with E-state index in [1.54, 1.807) is 0 Å². The largest absolute Gasteiger partial charge is 0.386 e. The average Bonchev–Trinajstić information content (AvgIpc) is 2.30. The molecule has 0 aliphatic heterocycles. The lowest BCUT2D eigenvalue weighted by Crippen LogP contribution is -1.94. The maximum Gasteiger partial charge on any atom is 0.0604 e. The molecule has 2 heteroatoms. The summed E-state index contributed by atoms with van der Waals surface area (Å²) >= 11 is 0. The highest BCUT2D eigenvalue weighted by molar-refractivity contribution is 5.77. The Kier molecular flexibility index (Phi) is 2.68. The summed E-state index contributed by atoms with van der Waals surface area (Å²) < 4.78 is 0. The van der Waals surface area contributed by atoms with Gasteiger partial charge in [0.15, 0.2) is 0 Å². The van der Waals surface area contributed by atoms with E-state index in [-0.39, 0.29) is 0 Å². The van der Waals surface area contributed by atoms with Gasteiger partial charge in [0.1, 0.15) is 0 Å². The monoisotopic (exact) mass is 198 g/mol. The summed E-state index contributed by atoms with van der Waals surface area (Å²) in [4.78, 5) is 4.27. The number of nitrogens with zero attached hydrogens (tertiary/aromatic N) is 1. The molecule has 0 aliphatic rings. The van der Waals surface area contributed by atoms with Gasteiger partial charge in [0.05, 0.1) is 11.9 Å². The van der Waals surface area contributed by atoms with Gasteiger partial charge >= 0.3 is 0 Å². The van der Waals surface area contributed by atoms with Crippen LogP contribution in [0.5, 0.6) is 0 Å². The molecule has 1 aromatic heterocycles. The van der Waals surface area contributed by atoms with E-state index >= 15 is 0 Å². The first-order valence-electron chi connectivity index (χ1n) is 5.01. The quantitative estimate of drug-likeness (QED) is 0.802. The molecule has 0 saturated carbocycles. The lowest BCUT2D eigenvalue weighted by atomic mass is 10.0. The summed E-state index contributed by atoms with van der Waals surface area (Å²) in [6.07, 6.45) is 1.87. The second-order valence-electron chi connectivity index (χ2n) is 3.49. The first kappa shape index (κ1) is 9.71. The molecule has 0 saturated heterocycles. The molecule has 2 rings (SSSR count). The van der Waals surface area contributed by atoms with Crippen LogP contribution in [0.25, 0.3) is 11.1 Å². The third-order valence-electron chi connectivity index (χ3n) is 2.39. The Morgan fingerprint density at radius 1 is 1.13 bits per heavy atom. The van der Waals surface area contributed by atoms with Gasteiger partial charge in [-0.3, -0.25) is 4.98 Å². The molecule has 76 valence electrons. The summed E-state index contributed by atoms with van der Waals surface area (Å²) in [7, 11) is 1.92. The molecular formula is C13H14N2. The molecular weight excluding hydrogens is 184 g/mol. The van der Waals surface area contributed by atoms with Crippen LogP contribution >= 0.6 is 0 Å². The average molecular weight is 198 g/mol. The maximum absolute atomic E-state index is 4.27. The number of nitrogens with one attached hydrogen (secondary N) is 1. The predicted molar refractivity (Wildman–Crippen MR) is 64.0 cm³/mol. The van der Waals surface area contributed by atoms with Crippen LogP contribution in [0, 0.1) is 6.92 Å². The van der Waals surface area contributed by atoms with Crippen molar-refractivity contribution in [2.45, 2.75) is 6.92 Å². The number of rotatable bonds is 2. The lowest BCUT2D eigenvalue weighted by molar-refractivity contribution is 1.20. The van der Waals surface area contributed by atoms with Gasteiger partial charge < -0.3 is 5.32 Å². The predicted octanol–water partition coefficient (Wildman–Crippen LogP) is 3.10. The normalized spacial score (nSPS) is 10.0. The molecule has 1 heterocycles. The van der Waals surface area contributed by atoms with Crippen molar-refractivity contribution in [2.75, 3.05) is 12.4 Å². The number of hydrogen-bond donors (Lipinski definition) is 1. The van der Waals surface area contributed by atoms with E-state index < -0.39 is 0 Å². The van der Waals surface area contributed by atoms with Crippen LogP contribution in [-0.2, 0) is 0 Å². The van der Waals surface area contributed by atoms with E-state index in [9.17, 15) is 0 Å². The minimum absolute atomic E-state index is 1.04. The molecule has 0 aliphatic carbocycles. The van der Waals surface area contributed by atoms with Gasteiger partial charge in [-0.15, -0.1) is 0 Å². The van der Waals surface area contributed by atoms with E-state index in [1.165, 1.54) is 11.1 Å². The van der Waals surface area contributed by atoms with Gasteiger partial charge in [0.2, 0.25) is 0 Å². The zero-order chi connectivity index (χ0) is 10.7. The Labute approximate surface area is 90.0 Å². The number of pyridine rings is 1. The van der Waals surface area contributed by atoms with Crippen molar-refractivity contribution < 1.29 is 0 Å². The van der Waals surface area contributed by atoms with E-state index in [1.807, 2.05) is 38.4 Å². The van der Waals surface area contributed by atoms with Crippen LogP contribution in [0.3, 0.4) is 0 Å². The van der Waals surface area contributed by atoms with Crippen LogP contribution in [0.2, 0.25) is 0 Å². The number of benzene rings is 1. The van der Waals surface area contributed by atoms with Crippen molar-refractivity contribution in [1.82, 2.24) is 4.98 Å². The Morgan fingerprint density at radius 3 is 2.53 bits per heavy atom. The molecule has 2 nitrogen and oxygen atoms in total. The first-order chi connectivity index (χ1) is 7.31. The molecule has 0 spiro atoms. The topological polar surface area (TPSA) is 24.9 Å². The number of aromatic nitrogens is 1. The second-order valence-corrected chi connectivity index (χ2v) is 3.49. The first-order valence-corrected chi connectivity index (χ1v) is 5.01. The van der Waals surface area contributed by atoms with Crippen molar-refractivity contribution in [3.05, 3.63) is 48.3 Å². The number of aryl methyl sites for hydroxylation is 1. The van der Waals surface area contributed by atoms with Gasteiger partial charge in [-0.2, -0.15) is 0 Å². The fourth-order valence-corrected chi connectivity index (χ4v) is 1.62. The summed E-state index contributed by atoms with van der Waals surface area (Å²) in [5.74, 6) is 0. The molecule has 0 unspecified atom stereocenters. The molecule has 15 heavy (non-hydrogen) atoms. The van der Waals surface area contributed by atoms with Crippen molar-refractivity contribution in [1.29, 1.82) is 0 Å². The second kappa shape index (κ2) is 4.13. The summed E-state index contributed by atoms with van der Waals surface area (Å²) in [6.45, 7) is 2.01. The molecule has 1 aromatic carbocycles. The van der Waals surface area contributed by atoms with E-state index in [4.69, 9.17) is 0 Å². The standard InChI is InChI=1S/C13H14N2/c1-10-8-12(13(14-2)9-15-10)11-6-4-3-5-7-11/h3-9,14H,1-2H3. The number of hydrogen-bond acceptors (Lipinski definition) is 2. The van der Waals surface area contributed by atoms with Crippen LogP contribution < -0.4 is 5.32 Å². The molecule has 0 radical (unpaired) electrons. The Morgan fingerprint density at radius 2 is 1.87 bits per heavy atom. The number of anilines is 1. The zero-order valence-electron chi connectivity index (χ0n) is 8.99. The highest BCUT2D eigenvalue weighted by Gasteiger charge is 2.03. The highest BCUT2D eigenvalue weighted by atomic mass is 14.9. The molecule has 2 aromatic rings. The summed E-state index contributed by atoms with van der Waals surface area (Å²) in [6, 6.07) is 12.4. The SMILES string of the molecule is CNc1cnc(C)cc1-c1ccccc1. The Hall–Kier alpha value is -1.83. The van der Waals surface area contributed by atoms with Gasteiger partial charge in [0, 0.05) is 18.3 Å². The smallest absolute Gasteiger partial charge is 0.0604 e. The zero-order valence-corrected chi connectivity index (χ0v) is 8.99. The molecule has 0 amide bonds. The molecule has 0 atom stereocenters. The fraction of sp³-hybridized carbons (Fsp3) is 0.154. The molecule has 1 N–H and O–H groups in total. The van der Waals surface area contributed by atoms with Crippen molar-refractivity contribution in [2.24, 2.45) is 0 Å². The van der Waals surface area contributed by atoms with Gasteiger partial charge in [0.25, 0.3) is 0 Å². The minimum atomic E-state index is 1.04. The van der Waals surface area contributed by atoms with Crippen LogP contribution in [0.4, 0.5) is 5.69 Å². The third kappa shape index (κ3) is 1.99. The van der Waals surface area contributed by atoms with E-state index in [0.29, 0.717) is 0 Å². The van der Waals surface area contributed by atoms with Crippen LogP contribution in [-0.4, -0.2) is 12.0 Å². The molecule has 0 bridgehead atoms. The third-order valence-corrected chi connectivity index (χ3v) is 2.39. The minimum Gasteiger partial charge on any atom is -0.386 e. The van der Waals surface area contributed by atoms with Crippen molar-refractivity contribution in [3.8, 4) is 11.1 Å². The highest BCUT2D eigenvalue weighted by Crippen LogP contribution is 2.27. The van der Waals surface area contributed by atoms with Gasteiger partial charge in [-0.25, -0.2) is 0 Å². The van der Waals surface area contributed by atoms with Crippen LogP contribution in [0.1, 0.15) is 5.69 Å².